The molecule has 2 aromatic heterocycles. The number of amides is 1. The SMILES string of the molecule is Cc1c(C(=O)NCC(F)(F)CO)sc2nc[nH]c(=O)c12. The number of fused-ring (bicyclic) bond motifs is 1. The molecule has 0 bridgehead atoms. The normalized spacial score (nSPS) is 11.8. The number of hydrogen-bond acceptors (Lipinski definition) is 5. The van der Waals surface area contributed by atoms with E-state index < -0.39 is 25.0 Å². The number of aromatic amines is 1. The number of nitrogens with one attached hydrogen (secondary N) is 2. The Hall–Kier alpha value is -1.87. The Kier molecular flexibility index (Phi) is 3.82. The highest BCUT2D eigenvalue weighted by molar-refractivity contribution is 7.20. The lowest BCUT2D eigenvalue weighted by molar-refractivity contribution is -0.0461. The molecule has 0 unspecified atom stereocenters. The maximum absolute atomic E-state index is 12.9. The van der Waals surface area contributed by atoms with Crippen molar-refractivity contribution in [2.75, 3.05) is 13.2 Å². The Morgan fingerprint density at radius 1 is 1.60 bits per heavy atom. The topological polar surface area (TPSA) is 95.1 Å². The van der Waals surface area contributed by atoms with Gasteiger partial charge in [0, 0.05) is 0 Å². The zero-order valence-corrected chi connectivity index (χ0v) is 11.2. The van der Waals surface area contributed by atoms with E-state index in [0.717, 1.165) is 11.3 Å². The van der Waals surface area contributed by atoms with Gasteiger partial charge in [-0.25, -0.2) is 13.8 Å². The fourth-order valence-electron chi connectivity index (χ4n) is 1.64. The van der Waals surface area contributed by atoms with Gasteiger partial charge in [0.1, 0.15) is 11.4 Å². The second kappa shape index (κ2) is 5.25. The van der Waals surface area contributed by atoms with Crippen LogP contribution in [0.1, 0.15) is 15.2 Å². The molecule has 3 N–H and O–H groups in total. The molecule has 6 nitrogen and oxygen atoms in total. The van der Waals surface area contributed by atoms with Crippen LogP contribution in [-0.4, -0.2) is 40.1 Å². The van der Waals surface area contributed by atoms with Crippen molar-refractivity contribution < 1.29 is 18.7 Å². The van der Waals surface area contributed by atoms with Gasteiger partial charge in [-0.15, -0.1) is 11.3 Å². The zero-order chi connectivity index (χ0) is 14.9. The van der Waals surface area contributed by atoms with Crippen LogP contribution in [0.5, 0.6) is 0 Å². The van der Waals surface area contributed by atoms with Crippen LogP contribution in [0.3, 0.4) is 0 Å². The number of rotatable bonds is 4. The summed E-state index contributed by atoms with van der Waals surface area (Å²) in [6.07, 6.45) is 1.21. The highest BCUT2D eigenvalue weighted by Crippen LogP contribution is 2.26. The number of carbonyl (C=O) groups excluding carboxylic acids is 1. The van der Waals surface area contributed by atoms with Crippen LogP contribution in [0.25, 0.3) is 10.2 Å². The summed E-state index contributed by atoms with van der Waals surface area (Å²) in [7, 11) is 0. The van der Waals surface area contributed by atoms with E-state index >= 15 is 0 Å². The maximum atomic E-state index is 12.9. The van der Waals surface area contributed by atoms with Gasteiger partial charge in [-0.2, -0.15) is 0 Å². The van der Waals surface area contributed by atoms with Crippen molar-refractivity contribution in [3.8, 4) is 0 Å². The minimum Gasteiger partial charge on any atom is -0.390 e. The summed E-state index contributed by atoms with van der Waals surface area (Å²) in [5.41, 5.74) is 0.00709. The van der Waals surface area contributed by atoms with Gasteiger partial charge >= 0.3 is 0 Å². The number of thiophene rings is 1. The van der Waals surface area contributed by atoms with Gasteiger partial charge in [0.2, 0.25) is 0 Å². The smallest absolute Gasteiger partial charge is 0.287 e. The second-order valence-corrected chi connectivity index (χ2v) is 5.16. The van der Waals surface area contributed by atoms with Crippen LogP contribution in [-0.2, 0) is 0 Å². The molecule has 0 aliphatic heterocycles. The van der Waals surface area contributed by atoms with Gasteiger partial charge in [-0.3, -0.25) is 9.59 Å². The van der Waals surface area contributed by atoms with Gasteiger partial charge in [0.25, 0.3) is 17.4 Å². The maximum Gasteiger partial charge on any atom is 0.287 e. The van der Waals surface area contributed by atoms with Crippen LogP contribution in [0, 0.1) is 6.92 Å². The summed E-state index contributed by atoms with van der Waals surface area (Å²) in [6, 6.07) is 0. The number of aliphatic hydroxyl groups excluding tert-OH is 1. The molecule has 2 aromatic rings. The van der Waals surface area contributed by atoms with Gasteiger partial charge < -0.3 is 15.4 Å². The molecule has 9 heteroatoms. The number of alkyl halides is 2. The first kappa shape index (κ1) is 14.5. The van der Waals surface area contributed by atoms with Crippen LogP contribution < -0.4 is 10.9 Å². The third kappa shape index (κ3) is 2.68. The molecular weight excluding hydrogens is 292 g/mol. The summed E-state index contributed by atoms with van der Waals surface area (Å²) in [5.74, 6) is -4.10. The van der Waals surface area contributed by atoms with Crippen molar-refractivity contribution >= 4 is 27.5 Å². The van der Waals surface area contributed by atoms with Crippen molar-refractivity contribution in [1.82, 2.24) is 15.3 Å². The van der Waals surface area contributed by atoms with E-state index in [-0.39, 0.29) is 15.8 Å². The number of aromatic nitrogens is 2. The molecule has 0 radical (unpaired) electrons. The number of halogens is 2. The summed E-state index contributed by atoms with van der Waals surface area (Å²) < 4.78 is 25.7. The van der Waals surface area contributed by atoms with E-state index in [1.165, 1.54) is 6.33 Å². The highest BCUT2D eigenvalue weighted by Gasteiger charge is 2.29. The van der Waals surface area contributed by atoms with Crippen molar-refractivity contribution in [2.45, 2.75) is 12.8 Å². The fraction of sp³-hybridized carbons (Fsp3) is 0.364. The predicted octanol–water partition coefficient (Wildman–Crippen LogP) is 0.650. The molecule has 0 saturated heterocycles. The van der Waals surface area contributed by atoms with E-state index in [2.05, 4.69) is 9.97 Å². The third-order valence-electron chi connectivity index (χ3n) is 2.68. The van der Waals surface area contributed by atoms with E-state index in [4.69, 9.17) is 5.11 Å². The summed E-state index contributed by atoms with van der Waals surface area (Å²) in [5, 5.41) is 10.7. The van der Waals surface area contributed by atoms with Crippen molar-refractivity contribution in [3.63, 3.8) is 0 Å². The van der Waals surface area contributed by atoms with E-state index in [0.29, 0.717) is 10.4 Å². The highest BCUT2D eigenvalue weighted by atomic mass is 32.1. The Labute approximate surface area is 115 Å². The molecule has 0 aliphatic rings. The predicted molar refractivity (Wildman–Crippen MR) is 69.3 cm³/mol. The van der Waals surface area contributed by atoms with Crippen LogP contribution in [0.4, 0.5) is 8.78 Å². The molecule has 1 amide bonds. The largest absolute Gasteiger partial charge is 0.390 e. The summed E-state index contributed by atoms with van der Waals surface area (Å²) in [6.45, 7) is -0.769. The Morgan fingerprint density at radius 3 is 2.90 bits per heavy atom. The quantitative estimate of drug-likeness (QED) is 0.773. The molecule has 0 atom stereocenters. The standard InChI is InChI=1S/C11H11F2N3O3S/c1-5-6-8(18)15-4-16-10(6)20-7(5)9(19)14-2-11(12,13)3-17/h4,17H,2-3H2,1H3,(H,14,19)(H,15,16,18). The van der Waals surface area contributed by atoms with Crippen LogP contribution in [0.2, 0.25) is 0 Å². The number of carbonyl (C=O) groups is 1. The minimum atomic E-state index is -3.38. The van der Waals surface area contributed by atoms with Gasteiger partial charge in [0.05, 0.1) is 23.1 Å². The first-order valence-corrected chi connectivity index (χ1v) is 6.41. The summed E-state index contributed by atoms with van der Waals surface area (Å²) >= 11 is 0.954. The lowest BCUT2D eigenvalue weighted by Crippen LogP contribution is -2.38. The van der Waals surface area contributed by atoms with E-state index in [1.807, 2.05) is 5.32 Å². The van der Waals surface area contributed by atoms with Gasteiger partial charge in [-0.05, 0) is 12.5 Å². The number of aliphatic hydroxyl groups is 1. The van der Waals surface area contributed by atoms with Gasteiger partial charge in [0.15, 0.2) is 0 Å². The van der Waals surface area contributed by atoms with Crippen LogP contribution >= 0.6 is 11.3 Å². The third-order valence-corrected chi connectivity index (χ3v) is 3.88. The molecule has 2 rings (SSSR count). The molecule has 0 fully saturated rings. The molecule has 0 aromatic carbocycles. The van der Waals surface area contributed by atoms with Crippen molar-refractivity contribution in [2.24, 2.45) is 0 Å². The molecule has 108 valence electrons. The zero-order valence-electron chi connectivity index (χ0n) is 10.4. The molecule has 0 aliphatic carbocycles. The van der Waals surface area contributed by atoms with Crippen molar-refractivity contribution in [3.05, 3.63) is 27.1 Å². The Morgan fingerprint density at radius 2 is 2.30 bits per heavy atom. The fourth-order valence-corrected chi connectivity index (χ4v) is 2.71. The number of H-pyrrole nitrogens is 1. The second-order valence-electron chi connectivity index (χ2n) is 4.16. The monoisotopic (exact) mass is 303 g/mol. The number of hydrogen-bond donors (Lipinski definition) is 3. The molecule has 0 spiro atoms. The molecule has 20 heavy (non-hydrogen) atoms. The van der Waals surface area contributed by atoms with Gasteiger partial charge in [-0.1, -0.05) is 0 Å². The number of aryl methyl sites for hydroxylation is 1. The Bertz CT molecular complexity index is 710. The first-order chi connectivity index (χ1) is 9.35. The summed E-state index contributed by atoms with van der Waals surface area (Å²) in [4.78, 5) is 30.3. The molecule has 2 heterocycles. The van der Waals surface area contributed by atoms with E-state index in [9.17, 15) is 18.4 Å². The Balaban J connectivity index is 2.30. The molecular formula is C11H11F2N3O3S. The first-order valence-electron chi connectivity index (χ1n) is 5.59. The molecule has 0 saturated carbocycles. The van der Waals surface area contributed by atoms with E-state index in [1.54, 1.807) is 6.92 Å². The van der Waals surface area contributed by atoms with Crippen LogP contribution in [0.15, 0.2) is 11.1 Å². The van der Waals surface area contributed by atoms with Crippen molar-refractivity contribution in [1.29, 1.82) is 0 Å². The average Bonchev–Trinajstić information content (AvgIpc) is 2.75. The lowest BCUT2D eigenvalue weighted by Gasteiger charge is -2.13. The minimum absolute atomic E-state index is 0.151. The number of nitrogens with zero attached hydrogens (tertiary/aromatic N) is 1. The lowest BCUT2D eigenvalue weighted by atomic mass is 10.2. The average molecular weight is 303 g/mol.